The van der Waals surface area contributed by atoms with Gasteiger partial charge in [0.2, 0.25) is 0 Å². The second kappa shape index (κ2) is 6.96. The smallest absolute Gasteiger partial charge is 0.381 e. The van der Waals surface area contributed by atoms with Crippen LogP contribution in [0.3, 0.4) is 0 Å². The Balaban J connectivity index is 1.57. The highest BCUT2D eigenvalue weighted by Gasteiger charge is 2.31. The third-order valence-electron chi connectivity index (χ3n) is 3.97. The molecule has 0 amide bonds. The summed E-state index contributed by atoms with van der Waals surface area (Å²) in [6.07, 6.45) is 1.82. The highest BCUT2D eigenvalue weighted by atomic mass is 79.9. The van der Waals surface area contributed by atoms with E-state index < -0.39 is 11.7 Å². The second-order valence-corrected chi connectivity index (χ2v) is 6.62. The lowest BCUT2D eigenvalue weighted by atomic mass is 10.0. The minimum absolute atomic E-state index is 0.312. The number of halogens is 4. The molecule has 1 fully saturated rings. The first-order valence-electron chi connectivity index (χ1n) is 7.57. The Morgan fingerprint density at radius 3 is 2.46 bits per heavy atom. The van der Waals surface area contributed by atoms with E-state index in [-0.39, 0.29) is 0 Å². The minimum atomic E-state index is -4.35. The SMILES string of the molecule is FC(F)(F)c1ccc(N2CCC(Nc3cncc(Br)c3)CC2)nc1. The van der Waals surface area contributed by atoms with Crippen molar-refractivity contribution in [3.05, 3.63) is 46.8 Å². The summed E-state index contributed by atoms with van der Waals surface area (Å²) in [6, 6.07) is 4.80. The lowest BCUT2D eigenvalue weighted by molar-refractivity contribution is -0.137. The molecule has 0 radical (unpaired) electrons. The van der Waals surface area contributed by atoms with Gasteiger partial charge in [0.1, 0.15) is 5.82 Å². The molecule has 128 valence electrons. The number of hydrogen-bond acceptors (Lipinski definition) is 4. The molecule has 1 saturated heterocycles. The van der Waals surface area contributed by atoms with E-state index in [1.165, 1.54) is 6.07 Å². The van der Waals surface area contributed by atoms with Gasteiger partial charge in [-0.15, -0.1) is 0 Å². The number of nitrogens with zero attached hydrogens (tertiary/aromatic N) is 3. The van der Waals surface area contributed by atoms with Crippen LogP contribution in [-0.4, -0.2) is 29.1 Å². The van der Waals surface area contributed by atoms with Gasteiger partial charge in [-0.05, 0) is 47.0 Å². The maximum Gasteiger partial charge on any atom is 0.417 e. The van der Waals surface area contributed by atoms with Gasteiger partial charge in [0.15, 0.2) is 0 Å². The van der Waals surface area contributed by atoms with Gasteiger partial charge in [0.25, 0.3) is 0 Å². The first kappa shape index (κ1) is 17.0. The fourth-order valence-electron chi connectivity index (χ4n) is 2.72. The number of aromatic nitrogens is 2. The highest BCUT2D eigenvalue weighted by Crippen LogP contribution is 2.30. The Kier molecular flexibility index (Phi) is 4.93. The summed E-state index contributed by atoms with van der Waals surface area (Å²) in [5.41, 5.74) is 0.237. The van der Waals surface area contributed by atoms with Crippen LogP contribution in [-0.2, 0) is 6.18 Å². The Morgan fingerprint density at radius 2 is 1.88 bits per heavy atom. The molecule has 2 aromatic heterocycles. The average Bonchev–Trinajstić information content (AvgIpc) is 2.55. The van der Waals surface area contributed by atoms with Gasteiger partial charge < -0.3 is 10.2 Å². The van der Waals surface area contributed by atoms with Crippen LogP contribution in [0.1, 0.15) is 18.4 Å². The fraction of sp³-hybridized carbons (Fsp3) is 0.375. The van der Waals surface area contributed by atoms with Crippen LogP contribution < -0.4 is 10.2 Å². The van der Waals surface area contributed by atoms with Crippen molar-refractivity contribution in [2.45, 2.75) is 25.1 Å². The lowest BCUT2D eigenvalue weighted by Crippen LogP contribution is -2.39. The number of alkyl halides is 3. The van der Waals surface area contributed by atoms with Gasteiger partial charge in [0, 0.05) is 36.0 Å². The maximum absolute atomic E-state index is 12.6. The molecule has 24 heavy (non-hydrogen) atoms. The van der Waals surface area contributed by atoms with E-state index in [9.17, 15) is 13.2 Å². The summed E-state index contributed by atoms with van der Waals surface area (Å²) in [4.78, 5) is 10.1. The minimum Gasteiger partial charge on any atom is -0.381 e. The number of anilines is 2. The number of pyridine rings is 2. The summed E-state index contributed by atoms with van der Waals surface area (Å²) in [5.74, 6) is 0.588. The molecule has 0 atom stereocenters. The third kappa shape index (κ3) is 4.17. The summed E-state index contributed by atoms with van der Waals surface area (Å²) < 4.78 is 38.7. The monoisotopic (exact) mass is 400 g/mol. The van der Waals surface area contributed by atoms with Crippen LogP contribution in [0.2, 0.25) is 0 Å². The first-order chi connectivity index (χ1) is 11.4. The molecule has 0 aromatic carbocycles. The number of hydrogen-bond donors (Lipinski definition) is 1. The van der Waals surface area contributed by atoms with E-state index in [0.29, 0.717) is 11.9 Å². The Hall–Kier alpha value is -1.83. The van der Waals surface area contributed by atoms with Gasteiger partial charge in [0.05, 0.1) is 17.4 Å². The molecular weight excluding hydrogens is 385 g/mol. The molecule has 0 bridgehead atoms. The molecule has 2 aromatic rings. The van der Waals surface area contributed by atoms with E-state index in [4.69, 9.17) is 0 Å². The molecule has 3 rings (SSSR count). The summed E-state index contributed by atoms with van der Waals surface area (Å²) >= 11 is 3.39. The zero-order valence-electron chi connectivity index (χ0n) is 12.7. The Morgan fingerprint density at radius 1 is 1.12 bits per heavy atom. The predicted molar refractivity (Wildman–Crippen MR) is 90.0 cm³/mol. The van der Waals surface area contributed by atoms with Crippen molar-refractivity contribution in [1.82, 2.24) is 9.97 Å². The van der Waals surface area contributed by atoms with Gasteiger partial charge in [-0.25, -0.2) is 4.98 Å². The van der Waals surface area contributed by atoms with Crippen LogP contribution >= 0.6 is 15.9 Å². The summed E-state index contributed by atoms with van der Waals surface area (Å²) in [6.45, 7) is 1.49. The lowest BCUT2D eigenvalue weighted by Gasteiger charge is -2.33. The summed E-state index contributed by atoms with van der Waals surface area (Å²) in [5, 5.41) is 3.43. The summed E-state index contributed by atoms with van der Waals surface area (Å²) in [7, 11) is 0. The van der Waals surface area contributed by atoms with Gasteiger partial charge in [-0.1, -0.05) is 0 Å². The number of piperidine rings is 1. The Bertz CT molecular complexity index is 682. The third-order valence-corrected chi connectivity index (χ3v) is 4.40. The normalized spacial score (nSPS) is 16.2. The standard InChI is InChI=1S/C16H16BrF3N4/c17-12-7-14(10-21-9-12)23-13-3-5-24(6-4-13)15-2-1-11(8-22-15)16(18,19)20/h1-2,7-10,13,23H,3-6H2. The van der Waals surface area contributed by atoms with Crippen molar-refractivity contribution in [1.29, 1.82) is 0 Å². The van der Waals surface area contributed by atoms with Crippen LogP contribution in [0.5, 0.6) is 0 Å². The largest absolute Gasteiger partial charge is 0.417 e. The van der Waals surface area contributed by atoms with Crippen molar-refractivity contribution in [2.75, 3.05) is 23.3 Å². The van der Waals surface area contributed by atoms with Gasteiger partial charge in [-0.3, -0.25) is 4.98 Å². The molecule has 0 unspecified atom stereocenters. The number of rotatable bonds is 3. The van der Waals surface area contributed by atoms with E-state index in [0.717, 1.165) is 48.4 Å². The van der Waals surface area contributed by atoms with Crippen LogP contribution in [0.25, 0.3) is 0 Å². The van der Waals surface area contributed by atoms with Crippen molar-refractivity contribution in [3.8, 4) is 0 Å². The van der Waals surface area contributed by atoms with E-state index in [1.54, 1.807) is 12.4 Å². The van der Waals surface area contributed by atoms with Crippen LogP contribution in [0, 0.1) is 0 Å². The molecule has 0 saturated carbocycles. The van der Waals surface area contributed by atoms with E-state index in [2.05, 4.69) is 31.2 Å². The van der Waals surface area contributed by atoms with Crippen LogP contribution in [0.15, 0.2) is 41.3 Å². The first-order valence-corrected chi connectivity index (χ1v) is 8.36. The topological polar surface area (TPSA) is 41.0 Å². The predicted octanol–water partition coefficient (Wildman–Crippen LogP) is 4.34. The zero-order valence-corrected chi connectivity index (χ0v) is 14.3. The van der Waals surface area contributed by atoms with Gasteiger partial charge >= 0.3 is 6.18 Å². The molecule has 1 aliphatic rings. The quantitative estimate of drug-likeness (QED) is 0.831. The molecule has 4 nitrogen and oxygen atoms in total. The maximum atomic E-state index is 12.6. The molecule has 8 heteroatoms. The highest BCUT2D eigenvalue weighted by molar-refractivity contribution is 9.10. The second-order valence-electron chi connectivity index (χ2n) is 5.70. The molecular formula is C16H16BrF3N4. The Labute approximate surface area is 146 Å². The van der Waals surface area contributed by atoms with Crippen molar-refractivity contribution in [3.63, 3.8) is 0 Å². The van der Waals surface area contributed by atoms with E-state index >= 15 is 0 Å². The molecule has 1 aliphatic heterocycles. The molecule has 3 heterocycles. The van der Waals surface area contributed by atoms with E-state index in [1.807, 2.05) is 11.0 Å². The van der Waals surface area contributed by atoms with Crippen molar-refractivity contribution >= 4 is 27.4 Å². The zero-order chi connectivity index (χ0) is 17.2. The average molecular weight is 401 g/mol. The molecule has 0 aliphatic carbocycles. The van der Waals surface area contributed by atoms with Crippen molar-refractivity contribution < 1.29 is 13.2 Å². The fourth-order valence-corrected chi connectivity index (χ4v) is 3.09. The molecule has 0 spiro atoms. The van der Waals surface area contributed by atoms with Gasteiger partial charge in [-0.2, -0.15) is 13.2 Å². The van der Waals surface area contributed by atoms with Crippen molar-refractivity contribution in [2.24, 2.45) is 0 Å². The number of nitrogens with one attached hydrogen (secondary N) is 1. The molecule has 1 N–H and O–H groups in total. The van der Waals surface area contributed by atoms with Crippen LogP contribution in [0.4, 0.5) is 24.7 Å².